The van der Waals surface area contributed by atoms with Crippen molar-refractivity contribution < 1.29 is 13.2 Å². The van der Waals surface area contributed by atoms with Gasteiger partial charge in [0.05, 0.1) is 4.90 Å². The minimum absolute atomic E-state index is 0.0186. The number of rotatable bonds is 6. The van der Waals surface area contributed by atoms with Crippen molar-refractivity contribution in [2.45, 2.75) is 17.7 Å². The Hall–Kier alpha value is -3.12. The minimum Gasteiger partial charge on any atom is -0.326 e. The van der Waals surface area contributed by atoms with Crippen molar-refractivity contribution in [1.29, 1.82) is 0 Å². The number of anilines is 2. The van der Waals surface area contributed by atoms with Gasteiger partial charge in [-0.15, -0.1) is 0 Å². The van der Waals surface area contributed by atoms with Gasteiger partial charge in [-0.2, -0.15) is 0 Å². The van der Waals surface area contributed by atoms with Gasteiger partial charge in [0.25, 0.3) is 10.0 Å². The number of sulfonamides is 1. The summed E-state index contributed by atoms with van der Waals surface area (Å²) in [5.74, 6) is 0.137. The molecule has 5 nitrogen and oxygen atoms in total. The zero-order valence-corrected chi connectivity index (χ0v) is 15.9. The Kier molecular flexibility index (Phi) is 4.88. The zero-order valence-electron chi connectivity index (χ0n) is 15.1. The summed E-state index contributed by atoms with van der Waals surface area (Å²) in [4.78, 5) is 12.0. The Morgan fingerprint density at radius 1 is 0.786 bits per heavy atom. The highest BCUT2D eigenvalue weighted by atomic mass is 32.2. The van der Waals surface area contributed by atoms with E-state index in [-0.39, 0.29) is 16.7 Å². The van der Waals surface area contributed by atoms with Crippen LogP contribution in [0.4, 0.5) is 11.4 Å². The Labute approximate surface area is 164 Å². The van der Waals surface area contributed by atoms with Gasteiger partial charge >= 0.3 is 0 Å². The van der Waals surface area contributed by atoms with E-state index in [0.717, 1.165) is 18.4 Å². The Morgan fingerprint density at radius 3 is 2.07 bits per heavy atom. The predicted octanol–water partition coefficient (Wildman–Crippen LogP) is 4.50. The maximum atomic E-state index is 13.0. The van der Waals surface area contributed by atoms with Crippen molar-refractivity contribution >= 4 is 27.3 Å². The average molecular weight is 392 g/mol. The Bertz CT molecular complexity index is 1090. The van der Waals surface area contributed by atoms with E-state index >= 15 is 0 Å². The second kappa shape index (κ2) is 7.48. The predicted molar refractivity (Wildman–Crippen MR) is 110 cm³/mol. The first kappa shape index (κ1) is 18.3. The van der Waals surface area contributed by atoms with E-state index in [2.05, 4.69) is 10.0 Å². The fourth-order valence-electron chi connectivity index (χ4n) is 2.98. The van der Waals surface area contributed by atoms with Crippen LogP contribution in [0, 0.1) is 5.92 Å². The van der Waals surface area contributed by atoms with Gasteiger partial charge < -0.3 is 5.32 Å². The van der Waals surface area contributed by atoms with Crippen LogP contribution in [0.3, 0.4) is 0 Å². The molecule has 2 N–H and O–H groups in total. The van der Waals surface area contributed by atoms with Crippen LogP contribution in [0.25, 0.3) is 11.1 Å². The number of amides is 1. The van der Waals surface area contributed by atoms with Gasteiger partial charge in [-0.1, -0.05) is 48.5 Å². The summed E-state index contributed by atoms with van der Waals surface area (Å²) < 4.78 is 28.6. The molecule has 28 heavy (non-hydrogen) atoms. The first-order valence-electron chi connectivity index (χ1n) is 9.11. The van der Waals surface area contributed by atoms with E-state index in [4.69, 9.17) is 0 Å². The SMILES string of the molecule is O=C(Nc1ccc(NS(=O)(=O)c2ccccc2-c2ccccc2)cc1)C1CC1. The average Bonchev–Trinajstić information content (AvgIpc) is 3.55. The lowest BCUT2D eigenvalue weighted by molar-refractivity contribution is -0.117. The molecule has 0 spiro atoms. The van der Waals surface area contributed by atoms with Crippen LogP contribution in [-0.2, 0) is 14.8 Å². The summed E-state index contributed by atoms with van der Waals surface area (Å²) in [6.07, 6.45) is 1.87. The first-order valence-corrected chi connectivity index (χ1v) is 10.6. The second-order valence-electron chi connectivity index (χ2n) is 6.81. The van der Waals surface area contributed by atoms with Gasteiger partial charge in [0, 0.05) is 22.9 Å². The molecule has 0 unspecified atom stereocenters. The normalized spacial score (nSPS) is 13.7. The molecule has 1 aliphatic carbocycles. The largest absolute Gasteiger partial charge is 0.326 e. The van der Waals surface area contributed by atoms with Crippen molar-refractivity contribution in [3.63, 3.8) is 0 Å². The topological polar surface area (TPSA) is 75.3 Å². The third-order valence-corrected chi connectivity index (χ3v) is 6.05. The monoisotopic (exact) mass is 392 g/mol. The Balaban J connectivity index is 1.56. The van der Waals surface area contributed by atoms with E-state index in [1.54, 1.807) is 42.5 Å². The van der Waals surface area contributed by atoms with Crippen molar-refractivity contribution in [3.8, 4) is 11.1 Å². The standard InChI is InChI=1S/C22H20N2O3S/c25-22(17-10-11-17)23-18-12-14-19(15-13-18)24-28(26,27)21-9-5-4-8-20(21)16-6-2-1-3-7-16/h1-9,12-15,17,24H,10-11H2,(H,23,25). The van der Waals surface area contributed by atoms with E-state index in [1.807, 2.05) is 36.4 Å². The molecule has 1 saturated carbocycles. The van der Waals surface area contributed by atoms with E-state index in [1.165, 1.54) is 0 Å². The minimum atomic E-state index is -3.77. The summed E-state index contributed by atoms with van der Waals surface area (Å²) in [5.41, 5.74) is 2.57. The first-order chi connectivity index (χ1) is 13.5. The molecule has 4 rings (SSSR count). The number of carbonyl (C=O) groups is 1. The Morgan fingerprint density at radius 2 is 1.39 bits per heavy atom. The molecule has 3 aromatic carbocycles. The fraction of sp³-hybridized carbons (Fsp3) is 0.136. The van der Waals surface area contributed by atoms with Crippen LogP contribution in [0.15, 0.2) is 83.8 Å². The summed E-state index contributed by atoms with van der Waals surface area (Å²) in [6, 6.07) is 23.0. The molecular formula is C22H20N2O3S. The van der Waals surface area contributed by atoms with Crippen molar-refractivity contribution in [1.82, 2.24) is 0 Å². The van der Waals surface area contributed by atoms with Crippen LogP contribution in [-0.4, -0.2) is 14.3 Å². The quantitative estimate of drug-likeness (QED) is 0.648. The highest BCUT2D eigenvalue weighted by molar-refractivity contribution is 7.92. The molecular weight excluding hydrogens is 372 g/mol. The zero-order chi connectivity index (χ0) is 19.6. The molecule has 0 aliphatic heterocycles. The summed E-state index contributed by atoms with van der Waals surface area (Å²) in [6.45, 7) is 0. The van der Waals surface area contributed by atoms with Gasteiger partial charge in [-0.05, 0) is 48.7 Å². The number of benzene rings is 3. The lowest BCUT2D eigenvalue weighted by Crippen LogP contribution is -2.15. The highest BCUT2D eigenvalue weighted by Gasteiger charge is 2.29. The maximum Gasteiger partial charge on any atom is 0.262 e. The number of hydrogen-bond acceptors (Lipinski definition) is 3. The lowest BCUT2D eigenvalue weighted by Gasteiger charge is -2.13. The van der Waals surface area contributed by atoms with Crippen molar-refractivity contribution in [2.75, 3.05) is 10.0 Å². The third kappa shape index (κ3) is 4.07. The van der Waals surface area contributed by atoms with E-state index in [9.17, 15) is 13.2 Å². The molecule has 1 amide bonds. The number of nitrogens with one attached hydrogen (secondary N) is 2. The van der Waals surface area contributed by atoms with Gasteiger partial charge in [-0.3, -0.25) is 9.52 Å². The van der Waals surface area contributed by atoms with Crippen LogP contribution in [0.5, 0.6) is 0 Å². The molecule has 0 aromatic heterocycles. The summed E-state index contributed by atoms with van der Waals surface area (Å²) >= 11 is 0. The molecule has 6 heteroatoms. The highest BCUT2D eigenvalue weighted by Crippen LogP contribution is 2.31. The van der Waals surface area contributed by atoms with Gasteiger partial charge in [0.2, 0.25) is 5.91 Å². The number of hydrogen-bond donors (Lipinski definition) is 2. The lowest BCUT2D eigenvalue weighted by atomic mass is 10.1. The van der Waals surface area contributed by atoms with Gasteiger partial charge in [0.15, 0.2) is 0 Å². The van der Waals surface area contributed by atoms with Crippen LogP contribution in [0.2, 0.25) is 0 Å². The summed E-state index contributed by atoms with van der Waals surface area (Å²) in [5, 5.41) is 2.84. The molecule has 142 valence electrons. The molecule has 1 fully saturated rings. The molecule has 0 radical (unpaired) electrons. The van der Waals surface area contributed by atoms with Crippen LogP contribution >= 0.6 is 0 Å². The smallest absolute Gasteiger partial charge is 0.262 e. The van der Waals surface area contributed by atoms with Crippen molar-refractivity contribution in [3.05, 3.63) is 78.9 Å². The molecule has 0 saturated heterocycles. The van der Waals surface area contributed by atoms with E-state index < -0.39 is 10.0 Å². The molecule has 0 heterocycles. The third-order valence-electron chi connectivity index (χ3n) is 4.61. The molecule has 1 aliphatic rings. The van der Waals surface area contributed by atoms with Crippen LogP contribution in [0.1, 0.15) is 12.8 Å². The summed E-state index contributed by atoms with van der Waals surface area (Å²) in [7, 11) is -3.77. The van der Waals surface area contributed by atoms with Gasteiger partial charge in [0.1, 0.15) is 0 Å². The van der Waals surface area contributed by atoms with Crippen molar-refractivity contribution in [2.24, 2.45) is 5.92 Å². The van der Waals surface area contributed by atoms with Crippen LogP contribution < -0.4 is 10.0 Å². The second-order valence-corrected chi connectivity index (χ2v) is 8.46. The molecule has 3 aromatic rings. The molecule has 0 atom stereocenters. The number of carbonyl (C=O) groups excluding carboxylic acids is 1. The van der Waals surface area contributed by atoms with E-state index in [0.29, 0.717) is 16.9 Å². The maximum absolute atomic E-state index is 13.0. The van der Waals surface area contributed by atoms with Gasteiger partial charge in [-0.25, -0.2) is 8.42 Å². The fourth-order valence-corrected chi connectivity index (χ4v) is 4.27. The molecule has 0 bridgehead atoms.